The van der Waals surface area contributed by atoms with Crippen LogP contribution in [0.1, 0.15) is 11.1 Å². The summed E-state index contributed by atoms with van der Waals surface area (Å²) in [6.07, 6.45) is 0. The molecule has 2 amide bonds. The van der Waals surface area contributed by atoms with E-state index in [0.29, 0.717) is 5.69 Å². The molecule has 0 aromatic heterocycles. The Labute approximate surface area is 100 Å². The number of carbonyl (C=O) groups excluding carboxylic acids is 1. The lowest BCUT2D eigenvalue weighted by atomic mass is 10.1. The molecule has 0 aliphatic rings. The maximum Gasteiger partial charge on any atom is 0.323 e. The van der Waals surface area contributed by atoms with Gasteiger partial charge in [0.05, 0.1) is 0 Å². The van der Waals surface area contributed by atoms with E-state index in [1.54, 1.807) is 0 Å². The van der Waals surface area contributed by atoms with Gasteiger partial charge in [0.2, 0.25) is 0 Å². The molecule has 5 heteroatoms. The molecule has 5 nitrogen and oxygen atoms in total. The summed E-state index contributed by atoms with van der Waals surface area (Å²) in [5, 5.41) is 11.2. The maximum atomic E-state index is 11.6. The molecular formula is C12H16N2O3. The molecule has 17 heavy (non-hydrogen) atoms. The van der Waals surface area contributed by atoms with E-state index in [4.69, 9.17) is 5.11 Å². The average molecular weight is 236 g/mol. The minimum absolute atomic E-state index is 0.323. The van der Waals surface area contributed by atoms with Crippen LogP contribution in [0.2, 0.25) is 0 Å². The fraction of sp³-hybridized carbons (Fsp3) is 0.333. The standard InChI is InChI=1S/C12H16N2O3/c1-8-4-9(2)6-10(5-8)13-12(17)14(3)7-11(15)16/h4-6H,7H2,1-3H3,(H,13,17)(H,15,16). The molecule has 1 rings (SSSR count). The fourth-order valence-electron chi connectivity index (χ4n) is 1.54. The molecule has 0 spiro atoms. The first kappa shape index (κ1) is 13.0. The maximum absolute atomic E-state index is 11.6. The molecule has 1 aromatic rings. The number of nitrogens with one attached hydrogen (secondary N) is 1. The molecule has 0 fully saturated rings. The number of carbonyl (C=O) groups is 2. The number of likely N-dealkylation sites (N-methyl/N-ethyl adjacent to an activating group) is 1. The number of rotatable bonds is 3. The lowest BCUT2D eigenvalue weighted by Gasteiger charge is -2.16. The molecule has 2 N–H and O–H groups in total. The van der Waals surface area contributed by atoms with E-state index in [2.05, 4.69) is 5.32 Å². The van der Waals surface area contributed by atoms with Crippen LogP contribution < -0.4 is 5.32 Å². The van der Waals surface area contributed by atoms with Gasteiger partial charge >= 0.3 is 12.0 Å². The molecule has 0 heterocycles. The van der Waals surface area contributed by atoms with Crippen LogP contribution in [-0.2, 0) is 4.79 Å². The van der Waals surface area contributed by atoms with Crippen LogP contribution in [0.25, 0.3) is 0 Å². The molecule has 0 bridgehead atoms. The number of anilines is 1. The van der Waals surface area contributed by atoms with Gasteiger partial charge in [-0.1, -0.05) is 6.07 Å². The first-order chi connectivity index (χ1) is 7.88. The van der Waals surface area contributed by atoms with Crippen LogP contribution in [0.5, 0.6) is 0 Å². The molecule has 92 valence electrons. The van der Waals surface area contributed by atoms with Crippen molar-refractivity contribution in [3.05, 3.63) is 29.3 Å². The number of aryl methyl sites for hydroxylation is 2. The van der Waals surface area contributed by atoms with Crippen molar-refractivity contribution in [1.82, 2.24) is 4.90 Å². The van der Waals surface area contributed by atoms with Crippen molar-refractivity contribution in [1.29, 1.82) is 0 Å². The van der Waals surface area contributed by atoms with Gasteiger partial charge in [0.1, 0.15) is 6.54 Å². The molecule has 0 saturated carbocycles. The van der Waals surface area contributed by atoms with Crippen molar-refractivity contribution in [2.45, 2.75) is 13.8 Å². The lowest BCUT2D eigenvalue weighted by Crippen LogP contribution is -2.35. The zero-order valence-electron chi connectivity index (χ0n) is 10.2. The van der Waals surface area contributed by atoms with E-state index in [1.165, 1.54) is 7.05 Å². The lowest BCUT2D eigenvalue weighted by molar-refractivity contribution is -0.137. The Hall–Kier alpha value is -2.04. The molecule has 0 unspecified atom stereocenters. The number of amides is 2. The first-order valence-corrected chi connectivity index (χ1v) is 5.20. The number of urea groups is 1. The summed E-state index contributed by atoms with van der Waals surface area (Å²) in [5.41, 5.74) is 2.76. The van der Waals surface area contributed by atoms with Gasteiger partial charge in [0, 0.05) is 12.7 Å². The van der Waals surface area contributed by atoms with Crippen molar-refractivity contribution in [2.75, 3.05) is 18.9 Å². The van der Waals surface area contributed by atoms with E-state index in [-0.39, 0.29) is 6.54 Å². The van der Waals surface area contributed by atoms with Gasteiger partial charge in [-0.25, -0.2) is 4.79 Å². The molecule has 0 aliphatic carbocycles. The van der Waals surface area contributed by atoms with Crippen LogP contribution in [0.15, 0.2) is 18.2 Å². The Balaban J connectivity index is 2.70. The van der Waals surface area contributed by atoms with E-state index in [9.17, 15) is 9.59 Å². The average Bonchev–Trinajstić information content (AvgIpc) is 2.14. The van der Waals surface area contributed by atoms with Gasteiger partial charge in [0.25, 0.3) is 0 Å². The van der Waals surface area contributed by atoms with Gasteiger partial charge < -0.3 is 15.3 Å². The minimum atomic E-state index is -1.04. The Kier molecular flexibility index (Phi) is 4.09. The Morgan fingerprint density at radius 1 is 1.24 bits per heavy atom. The van der Waals surface area contributed by atoms with Crippen molar-refractivity contribution in [3.63, 3.8) is 0 Å². The van der Waals surface area contributed by atoms with Crippen molar-refractivity contribution in [3.8, 4) is 0 Å². The molecule has 0 radical (unpaired) electrons. The van der Waals surface area contributed by atoms with Crippen molar-refractivity contribution >= 4 is 17.7 Å². The second-order valence-electron chi connectivity index (χ2n) is 4.06. The zero-order chi connectivity index (χ0) is 13.0. The van der Waals surface area contributed by atoms with Crippen LogP contribution >= 0.6 is 0 Å². The quantitative estimate of drug-likeness (QED) is 0.841. The second-order valence-corrected chi connectivity index (χ2v) is 4.06. The van der Waals surface area contributed by atoms with Crippen LogP contribution in [0.4, 0.5) is 10.5 Å². The summed E-state index contributed by atoms with van der Waals surface area (Å²) >= 11 is 0. The third-order valence-corrected chi connectivity index (χ3v) is 2.19. The highest BCUT2D eigenvalue weighted by Gasteiger charge is 2.11. The molecule has 0 saturated heterocycles. The zero-order valence-corrected chi connectivity index (χ0v) is 10.2. The predicted octanol–water partition coefficient (Wildman–Crippen LogP) is 1.85. The van der Waals surface area contributed by atoms with Crippen LogP contribution in [-0.4, -0.2) is 35.6 Å². The Morgan fingerprint density at radius 2 is 1.76 bits per heavy atom. The highest BCUT2D eigenvalue weighted by atomic mass is 16.4. The monoisotopic (exact) mass is 236 g/mol. The number of carboxylic acids is 1. The SMILES string of the molecule is Cc1cc(C)cc(NC(=O)N(C)CC(=O)O)c1. The van der Waals surface area contributed by atoms with Gasteiger partial charge in [-0.05, 0) is 37.1 Å². The van der Waals surface area contributed by atoms with E-state index >= 15 is 0 Å². The third kappa shape index (κ3) is 4.14. The summed E-state index contributed by atoms with van der Waals surface area (Å²) in [7, 11) is 1.44. The summed E-state index contributed by atoms with van der Waals surface area (Å²) in [6, 6.07) is 5.23. The topological polar surface area (TPSA) is 69.6 Å². The van der Waals surface area contributed by atoms with Gasteiger partial charge in [0.15, 0.2) is 0 Å². The number of nitrogens with zero attached hydrogens (tertiary/aromatic N) is 1. The summed E-state index contributed by atoms with van der Waals surface area (Å²) < 4.78 is 0. The number of hydrogen-bond donors (Lipinski definition) is 2. The highest BCUT2D eigenvalue weighted by Crippen LogP contribution is 2.14. The molecular weight excluding hydrogens is 220 g/mol. The minimum Gasteiger partial charge on any atom is -0.480 e. The van der Waals surface area contributed by atoms with Crippen LogP contribution in [0, 0.1) is 13.8 Å². The van der Waals surface area contributed by atoms with Crippen molar-refractivity contribution < 1.29 is 14.7 Å². The van der Waals surface area contributed by atoms with E-state index in [1.807, 2.05) is 32.0 Å². The van der Waals surface area contributed by atoms with Gasteiger partial charge in [-0.3, -0.25) is 4.79 Å². The number of aliphatic carboxylic acids is 1. The second kappa shape index (κ2) is 5.34. The summed E-state index contributed by atoms with van der Waals surface area (Å²) in [6.45, 7) is 3.55. The first-order valence-electron chi connectivity index (χ1n) is 5.20. The van der Waals surface area contributed by atoms with Gasteiger partial charge in [-0.15, -0.1) is 0 Å². The number of hydrogen-bond acceptors (Lipinski definition) is 2. The fourth-order valence-corrected chi connectivity index (χ4v) is 1.54. The highest BCUT2D eigenvalue weighted by molar-refractivity contribution is 5.91. The molecule has 0 aliphatic heterocycles. The largest absolute Gasteiger partial charge is 0.480 e. The molecule has 0 atom stereocenters. The summed E-state index contributed by atoms with van der Waals surface area (Å²) in [4.78, 5) is 23.2. The van der Waals surface area contributed by atoms with E-state index in [0.717, 1.165) is 16.0 Å². The Bertz CT molecular complexity index is 423. The van der Waals surface area contributed by atoms with Crippen molar-refractivity contribution in [2.24, 2.45) is 0 Å². The van der Waals surface area contributed by atoms with Gasteiger partial charge in [-0.2, -0.15) is 0 Å². The van der Waals surface area contributed by atoms with E-state index < -0.39 is 12.0 Å². The summed E-state index contributed by atoms with van der Waals surface area (Å²) in [5.74, 6) is -1.04. The smallest absolute Gasteiger partial charge is 0.323 e. The Morgan fingerprint density at radius 3 is 2.24 bits per heavy atom. The number of carboxylic acid groups (broad SMARTS) is 1. The third-order valence-electron chi connectivity index (χ3n) is 2.19. The molecule has 1 aromatic carbocycles. The van der Waals surface area contributed by atoms with Crippen LogP contribution in [0.3, 0.4) is 0 Å². The predicted molar refractivity (Wildman–Crippen MR) is 65.2 cm³/mol. The number of benzene rings is 1. The normalized spacial score (nSPS) is 9.82.